The Labute approximate surface area is 97.9 Å². The predicted octanol–water partition coefficient (Wildman–Crippen LogP) is 3.05. The van der Waals surface area contributed by atoms with Gasteiger partial charge in [0.2, 0.25) is 0 Å². The summed E-state index contributed by atoms with van der Waals surface area (Å²) in [4.78, 5) is 3.89. The Balaban J connectivity index is 2.30. The molecule has 0 amide bonds. The summed E-state index contributed by atoms with van der Waals surface area (Å²) in [5.41, 5.74) is 7.26. The lowest BCUT2D eigenvalue weighted by atomic mass is 10.1. The first kappa shape index (κ1) is 10.9. The van der Waals surface area contributed by atoms with Crippen LogP contribution in [0.1, 0.15) is 11.1 Å². The van der Waals surface area contributed by atoms with Crippen molar-refractivity contribution in [2.24, 2.45) is 0 Å². The molecule has 2 nitrogen and oxygen atoms in total. The SMILES string of the molecule is Nc1cc(Cc2cc(F)ccc2Cl)ccn1. The van der Waals surface area contributed by atoms with E-state index in [2.05, 4.69) is 4.98 Å². The normalized spacial score (nSPS) is 10.4. The molecule has 0 aliphatic heterocycles. The van der Waals surface area contributed by atoms with Gasteiger partial charge >= 0.3 is 0 Å². The van der Waals surface area contributed by atoms with Gasteiger partial charge in [-0.3, -0.25) is 0 Å². The molecule has 0 saturated heterocycles. The first-order valence-electron chi connectivity index (χ1n) is 4.79. The van der Waals surface area contributed by atoms with Crippen LogP contribution in [0.25, 0.3) is 0 Å². The second-order valence-electron chi connectivity index (χ2n) is 3.50. The number of hydrogen-bond donors (Lipinski definition) is 1. The molecule has 2 aromatic rings. The molecule has 0 aliphatic carbocycles. The van der Waals surface area contributed by atoms with Crippen molar-refractivity contribution < 1.29 is 4.39 Å². The van der Waals surface area contributed by atoms with Gasteiger partial charge < -0.3 is 5.73 Å². The zero-order valence-electron chi connectivity index (χ0n) is 8.45. The van der Waals surface area contributed by atoms with E-state index in [1.807, 2.05) is 6.07 Å². The Bertz CT molecular complexity index is 514. The number of pyridine rings is 1. The second-order valence-corrected chi connectivity index (χ2v) is 3.91. The van der Waals surface area contributed by atoms with Gasteiger partial charge in [0, 0.05) is 11.2 Å². The van der Waals surface area contributed by atoms with Gasteiger partial charge in [0.15, 0.2) is 0 Å². The van der Waals surface area contributed by atoms with Crippen molar-refractivity contribution in [3.63, 3.8) is 0 Å². The lowest BCUT2D eigenvalue weighted by Gasteiger charge is -2.05. The topological polar surface area (TPSA) is 38.9 Å². The molecule has 4 heteroatoms. The highest BCUT2D eigenvalue weighted by atomic mass is 35.5. The molecule has 0 saturated carbocycles. The van der Waals surface area contributed by atoms with Crippen LogP contribution in [0.5, 0.6) is 0 Å². The average Bonchev–Trinajstić information content (AvgIpc) is 2.24. The minimum Gasteiger partial charge on any atom is -0.384 e. The van der Waals surface area contributed by atoms with E-state index in [0.717, 1.165) is 11.1 Å². The van der Waals surface area contributed by atoms with Gasteiger partial charge in [-0.1, -0.05) is 11.6 Å². The molecule has 2 N–H and O–H groups in total. The van der Waals surface area contributed by atoms with Crippen molar-refractivity contribution in [3.8, 4) is 0 Å². The van der Waals surface area contributed by atoms with E-state index in [1.54, 1.807) is 18.3 Å². The highest BCUT2D eigenvalue weighted by molar-refractivity contribution is 6.31. The Morgan fingerprint density at radius 1 is 1.25 bits per heavy atom. The van der Waals surface area contributed by atoms with Crippen molar-refractivity contribution >= 4 is 17.4 Å². The Morgan fingerprint density at radius 3 is 2.81 bits per heavy atom. The number of benzene rings is 1. The van der Waals surface area contributed by atoms with E-state index in [4.69, 9.17) is 17.3 Å². The first-order valence-corrected chi connectivity index (χ1v) is 5.17. The molecule has 1 aromatic carbocycles. The van der Waals surface area contributed by atoms with E-state index >= 15 is 0 Å². The van der Waals surface area contributed by atoms with Crippen LogP contribution < -0.4 is 5.73 Å². The number of nitrogen functional groups attached to an aromatic ring is 1. The lowest BCUT2D eigenvalue weighted by Crippen LogP contribution is -1.94. The zero-order valence-corrected chi connectivity index (χ0v) is 9.21. The molecule has 16 heavy (non-hydrogen) atoms. The standard InChI is InChI=1S/C12H10ClFN2/c13-11-2-1-10(14)7-9(11)5-8-3-4-16-12(15)6-8/h1-4,6-7H,5H2,(H2,15,16). The smallest absolute Gasteiger partial charge is 0.123 e. The third-order valence-corrected chi connectivity index (χ3v) is 2.62. The molecule has 0 atom stereocenters. The maximum atomic E-state index is 13.0. The quantitative estimate of drug-likeness (QED) is 0.871. The van der Waals surface area contributed by atoms with Crippen LogP contribution >= 0.6 is 11.6 Å². The molecular weight excluding hydrogens is 227 g/mol. The molecular formula is C12H10ClFN2. The number of nitrogens with zero attached hydrogens (tertiary/aromatic N) is 1. The summed E-state index contributed by atoms with van der Waals surface area (Å²) >= 11 is 5.97. The maximum absolute atomic E-state index is 13.0. The molecule has 0 bridgehead atoms. The van der Waals surface area contributed by atoms with Crippen molar-refractivity contribution in [2.75, 3.05) is 5.73 Å². The summed E-state index contributed by atoms with van der Waals surface area (Å²) in [6, 6.07) is 7.90. The summed E-state index contributed by atoms with van der Waals surface area (Å²) in [5, 5.41) is 0.553. The molecule has 1 aromatic heterocycles. The van der Waals surface area contributed by atoms with E-state index in [1.165, 1.54) is 12.1 Å². The molecule has 0 fully saturated rings. The van der Waals surface area contributed by atoms with Gasteiger partial charge in [0.05, 0.1) is 0 Å². The van der Waals surface area contributed by atoms with Gasteiger partial charge in [0.1, 0.15) is 11.6 Å². The van der Waals surface area contributed by atoms with E-state index in [0.29, 0.717) is 17.3 Å². The molecule has 0 radical (unpaired) electrons. The van der Waals surface area contributed by atoms with Crippen LogP contribution in [-0.4, -0.2) is 4.98 Å². The summed E-state index contributed by atoms with van der Waals surface area (Å²) in [7, 11) is 0. The fourth-order valence-electron chi connectivity index (χ4n) is 1.50. The van der Waals surface area contributed by atoms with Gasteiger partial charge in [-0.25, -0.2) is 9.37 Å². The van der Waals surface area contributed by atoms with Crippen LogP contribution in [0.15, 0.2) is 36.5 Å². The first-order chi connectivity index (χ1) is 7.65. The number of hydrogen-bond acceptors (Lipinski definition) is 2. The predicted molar refractivity (Wildman–Crippen MR) is 62.9 cm³/mol. The number of aromatic nitrogens is 1. The van der Waals surface area contributed by atoms with Gasteiger partial charge in [0.25, 0.3) is 0 Å². The molecule has 82 valence electrons. The summed E-state index contributed by atoms with van der Waals surface area (Å²) < 4.78 is 13.0. The van der Waals surface area contributed by atoms with Crippen LogP contribution in [0, 0.1) is 5.82 Å². The number of anilines is 1. The third-order valence-electron chi connectivity index (χ3n) is 2.25. The van der Waals surface area contributed by atoms with Crippen LogP contribution in [-0.2, 0) is 6.42 Å². The Kier molecular flexibility index (Phi) is 3.06. The molecule has 2 rings (SSSR count). The van der Waals surface area contributed by atoms with Crippen LogP contribution in [0.3, 0.4) is 0 Å². The third kappa shape index (κ3) is 2.49. The van der Waals surface area contributed by atoms with Gasteiger partial charge in [-0.05, 0) is 47.9 Å². The van der Waals surface area contributed by atoms with Gasteiger partial charge in [-0.2, -0.15) is 0 Å². The molecule has 0 spiro atoms. The Hall–Kier alpha value is -1.61. The highest BCUT2D eigenvalue weighted by Crippen LogP contribution is 2.20. The largest absolute Gasteiger partial charge is 0.384 e. The van der Waals surface area contributed by atoms with E-state index in [-0.39, 0.29) is 5.82 Å². The fraction of sp³-hybridized carbons (Fsp3) is 0.0833. The van der Waals surface area contributed by atoms with Crippen molar-refractivity contribution in [1.82, 2.24) is 4.98 Å². The minimum absolute atomic E-state index is 0.290. The number of halogens is 2. The maximum Gasteiger partial charge on any atom is 0.123 e. The molecule has 0 unspecified atom stereocenters. The summed E-state index contributed by atoms with van der Waals surface area (Å²) in [5.74, 6) is 0.159. The van der Waals surface area contributed by atoms with E-state index < -0.39 is 0 Å². The van der Waals surface area contributed by atoms with Crippen molar-refractivity contribution in [1.29, 1.82) is 0 Å². The fourth-order valence-corrected chi connectivity index (χ4v) is 1.69. The monoisotopic (exact) mass is 236 g/mol. The van der Waals surface area contributed by atoms with E-state index in [9.17, 15) is 4.39 Å². The second kappa shape index (κ2) is 4.49. The highest BCUT2D eigenvalue weighted by Gasteiger charge is 2.04. The molecule has 0 aliphatic rings. The average molecular weight is 237 g/mol. The summed E-state index contributed by atoms with van der Waals surface area (Å²) in [6.07, 6.45) is 2.17. The lowest BCUT2D eigenvalue weighted by molar-refractivity contribution is 0.626. The number of rotatable bonds is 2. The minimum atomic E-state index is -0.290. The van der Waals surface area contributed by atoms with Crippen molar-refractivity contribution in [3.05, 3.63) is 58.5 Å². The Morgan fingerprint density at radius 2 is 2.06 bits per heavy atom. The van der Waals surface area contributed by atoms with Gasteiger partial charge in [-0.15, -0.1) is 0 Å². The van der Waals surface area contributed by atoms with Crippen LogP contribution in [0.2, 0.25) is 5.02 Å². The van der Waals surface area contributed by atoms with Crippen LogP contribution in [0.4, 0.5) is 10.2 Å². The molecule has 1 heterocycles. The number of nitrogens with two attached hydrogens (primary N) is 1. The zero-order chi connectivity index (χ0) is 11.5. The summed E-state index contributed by atoms with van der Waals surface area (Å²) in [6.45, 7) is 0. The van der Waals surface area contributed by atoms with Crippen molar-refractivity contribution in [2.45, 2.75) is 6.42 Å².